The van der Waals surface area contributed by atoms with Gasteiger partial charge in [-0.15, -0.1) is 0 Å². The van der Waals surface area contributed by atoms with E-state index in [-0.39, 0.29) is 11.2 Å². The Labute approximate surface area is 129 Å². The van der Waals surface area contributed by atoms with Crippen LogP contribution >= 0.6 is 0 Å². The van der Waals surface area contributed by atoms with Crippen molar-refractivity contribution in [3.8, 4) is 28.4 Å². The van der Waals surface area contributed by atoms with Crippen LogP contribution in [0.2, 0.25) is 0 Å². The van der Waals surface area contributed by atoms with Crippen molar-refractivity contribution in [2.45, 2.75) is 26.2 Å². The minimum absolute atomic E-state index is 0.0144. The van der Waals surface area contributed by atoms with Gasteiger partial charge in [0.2, 0.25) is 0 Å². The monoisotopic (exact) mass is 293 g/mol. The summed E-state index contributed by atoms with van der Waals surface area (Å²) in [6.45, 7) is 6.41. The Bertz CT molecular complexity index is 800. The Morgan fingerprint density at radius 3 is 2.32 bits per heavy atom. The number of H-pyrrole nitrogens is 1. The molecular formula is C18H19N3O. The molecule has 22 heavy (non-hydrogen) atoms. The first-order valence-electron chi connectivity index (χ1n) is 7.27. The number of benzene rings is 1. The van der Waals surface area contributed by atoms with Gasteiger partial charge in [-0.3, -0.25) is 5.10 Å². The van der Waals surface area contributed by atoms with Gasteiger partial charge in [0, 0.05) is 16.7 Å². The van der Waals surface area contributed by atoms with Crippen molar-refractivity contribution in [1.82, 2.24) is 15.2 Å². The average Bonchev–Trinajstić information content (AvgIpc) is 2.98. The van der Waals surface area contributed by atoms with Gasteiger partial charge in [0.15, 0.2) is 0 Å². The van der Waals surface area contributed by atoms with Gasteiger partial charge in [0.25, 0.3) is 0 Å². The summed E-state index contributed by atoms with van der Waals surface area (Å²) in [6, 6.07) is 15.0. The predicted molar refractivity (Wildman–Crippen MR) is 87.6 cm³/mol. The van der Waals surface area contributed by atoms with Crippen LogP contribution in [0, 0.1) is 0 Å². The summed E-state index contributed by atoms with van der Waals surface area (Å²) in [5.41, 5.74) is 4.12. The summed E-state index contributed by atoms with van der Waals surface area (Å²) in [6.07, 6.45) is 0. The minimum Gasteiger partial charge on any atom is -0.507 e. The highest BCUT2D eigenvalue weighted by Gasteiger charge is 2.17. The molecule has 0 fully saturated rings. The molecule has 0 aliphatic heterocycles. The van der Waals surface area contributed by atoms with Crippen LogP contribution in [0.25, 0.3) is 22.6 Å². The summed E-state index contributed by atoms with van der Waals surface area (Å²) in [7, 11) is 0. The van der Waals surface area contributed by atoms with E-state index in [0.717, 1.165) is 28.3 Å². The molecule has 0 radical (unpaired) electrons. The number of rotatable bonds is 2. The molecule has 0 aliphatic rings. The molecule has 0 saturated heterocycles. The molecule has 0 atom stereocenters. The second-order valence-electron chi connectivity index (χ2n) is 6.34. The molecule has 3 rings (SSSR count). The molecule has 3 aromatic rings. The van der Waals surface area contributed by atoms with E-state index in [4.69, 9.17) is 0 Å². The highest BCUT2D eigenvalue weighted by atomic mass is 16.3. The number of nitrogens with zero attached hydrogens (tertiary/aromatic N) is 2. The summed E-state index contributed by atoms with van der Waals surface area (Å²) >= 11 is 0. The molecule has 4 heteroatoms. The van der Waals surface area contributed by atoms with E-state index in [9.17, 15) is 5.11 Å². The Morgan fingerprint density at radius 1 is 0.909 bits per heavy atom. The molecule has 0 aliphatic carbocycles. The fourth-order valence-electron chi connectivity index (χ4n) is 2.25. The van der Waals surface area contributed by atoms with Crippen LogP contribution in [0.1, 0.15) is 26.5 Å². The zero-order chi connectivity index (χ0) is 15.7. The van der Waals surface area contributed by atoms with E-state index < -0.39 is 0 Å². The predicted octanol–water partition coefficient (Wildman–Crippen LogP) is 4.14. The number of phenols is 1. The van der Waals surface area contributed by atoms with Gasteiger partial charge in [0.05, 0.1) is 11.4 Å². The molecule has 4 nitrogen and oxygen atoms in total. The second-order valence-corrected chi connectivity index (χ2v) is 6.34. The lowest BCUT2D eigenvalue weighted by Crippen LogP contribution is -2.11. The third-order valence-electron chi connectivity index (χ3n) is 3.58. The van der Waals surface area contributed by atoms with Crippen molar-refractivity contribution in [2.24, 2.45) is 0 Å². The van der Waals surface area contributed by atoms with Gasteiger partial charge in [0.1, 0.15) is 11.4 Å². The van der Waals surface area contributed by atoms with Crippen LogP contribution in [-0.4, -0.2) is 20.3 Å². The highest BCUT2D eigenvalue weighted by Crippen LogP contribution is 2.29. The molecule has 0 spiro atoms. The number of pyridine rings is 1. The molecule has 112 valence electrons. The first-order valence-corrected chi connectivity index (χ1v) is 7.27. The van der Waals surface area contributed by atoms with Crippen molar-refractivity contribution < 1.29 is 5.11 Å². The number of aromatic hydroxyl groups is 1. The molecule has 1 aromatic carbocycles. The maximum atomic E-state index is 9.97. The van der Waals surface area contributed by atoms with Crippen LogP contribution in [0.5, 0.6) is 5.75 Å². The zero-order valence-corrected chi connectivity index (χ0v) is 13.0. The van der Waals surface area contributed by atoms with E-state index in [1.54, 1.807) is 12.1 Å². The van der Waals surface area contributed by atoms with Crippen molar-refractivity contribution in [2.75, 3.05) is 0 Å². The SMILES string of the molecule is CC(C)(C)c1cc(-c2cccc(-c3ccccc3O)n2)n[nH]1. The summed E-state index contributed by atoms with van der Waals surface area (Å²) < 4.78 is 0. The Hall–Kier alpha value is -2.62. The molecule has 0 amide bonds. The lowest BCUT2D eigenvalue weighted by molar-refractivity contribution is 0.477. The van der Waals surface area contributed by atoms with Gasteiger partial charge in [-0.2, -0.15) is 5.10 Å². The van der Waals surface area contributed by atoms with E-state index in [0.29, 0.717) is 0 Å². The number of nitrogens with one attached hydrogen (secondary N) is 1. The summed E-state index contributed by atoms with van der Waals surface area (Å²) in [5.74, 6) is 0.226. The molecule has 2 N–H and O–H groups in total. The lowest BCUT2D eigenvalue weighted by Gasteiger charge is -2.14. The number of aromatic nitrogens is 3. The number of hydrogen-bond donors (Lipinski definition) is 2. The molecule has 0 bridgehead atoms. The largest absolute Gasteiger partial charge is 0.507 e. The molecule has 2 heterocycles. The Morgan fingerprint density at radius 2 is 1.64 bits per heavy atom. The van der Waals surface area contributed by atoms with E-state index in [1.807, 2.05) is 36.4 Å². The van der Waals surface area contributed by atoms with Gasteiger partial charge >= 0.3 is 0 Å². The summed E-state index contributed by atoms with van der Waals surface area (Å²) in [5, 5.41) is 17.4. The van der Waals surface area contributed by atoms with E-state index in [1.165, 1.54) is 0 Å². The highest BCUT2D eigenvalue weighted by molar-refractivity contribution is 5.69. The summed E-state index contributed by atoms with van der Waals surface area (Å²) in [4.78, 5) is 4.63. The number of para-hydroxylation sites is 1. The quantitative estimate of drug-likeness (QED) is 0.746. The lowest BCUT2D eigenvalue weighted by atomic mass is 9.92. The first kappa shape index (κ1) is 14.3. The van der Waals surface area contributed by atoms with Crippen LogP contribution in [0.4, 0.5) is 0 Å². The van der Waals surface area contributed by atoms with Crippen molar-refractivity contribution >= 4 is 0 Å². The maximum absolute atomic E-state index is 9.97. The fourth-order valence-corrected chi connectivity index (χ4v) is 2.25. The number of phenolic OH excluding ortho intramolecular Hbond substituents is 1. The van der Waals surface area contributed by atoms with E-state index >= 15 is 0 Å². The minimum atomic E-state index is 0.0144. The van der Waals surface area contributed by atoms with Gasteiger partial charge < -0.3 is 5.11 Å². The second kappa shape index (κ2) is 5.30. The first-order chi connectivity index (χ1) is 10.4. The zero-order valence-electron chi connectivity index (χ0n) is 13.0. The Kier molecular flexibility index (Phi) is 3.45. The number of aromatic amines is 1. The van der Waals surface area contributed by atoms with Crippen molar-refractivity contribution in [3.05, 3.63) is 54.2 Å². The van der Waals surface area contributed by atoms with Gasteiger partial charge in [-0.25, -0.2) is 4.98 Å². The van der Waals surface area contributed by atoms with Crippen LogP contribution in [0.15, 0.2) is 48.5 Å². The van der Waals surface area contributed by atoms with Crippen molar-refractivity contribution in [3.63, 3.8) is 0 Å². The normalized spacial score (nSPS) is 11.6. The maximum Gasteiger partial charge on any atom is 0.124 e. The van der Waals surface area contributed by atoms with Crippen molar-refractivity contribution in [1.29, 1.82) is 0 Å². The topological polar surface area (TPSA) is 61.8 Å². The van der Waals surface area contributed by atoms with Gasteiger partial charge in [-0.05, 0) is 30.3 Å². The van der Waals surface area contributed by atoms with Crippen LogP contribution < -0.4 is 0 Å². The third kappa shape index (κ3) is 2.72. The van der Waals surface area contributed by atoms with Crippen LogP contribution in [0.3, 0.4) is 0 Å². The third-order valence-corrected chi connectivity index (χ3v) is 3.58. The fraction of sp³-hybridized carbons (Fsp3) is 0.222. The smallest absolute Gasteiger partial charge is 0.124 e. The standard InChI is InChI=1S/C18H19N3O/c1-18(2,3)17-11-15(20-21-17)14-9-6-8-13(19-14)12-7-4-5-10-16(12)22/h4-11,22H,1-3H3,(H,20,21). The molecule has 2 aromatic heterocycles. The average molecular weight is 293 g/mol. The van der Waals surface area contributed by atoms with E-state index in [2.05, 4.69) is 36.0 Å². The van der Waals surface area contributed by atoms with Gasteiger partial charge in [-0.1, -0.05) is 39.0 Å². The molecule has 0 saturated carbocycles. The molecular weight excluding hydrogens is 274 g/mol. The van der Waals surface area contributed by atoms with Crippen LogP contribution in [-0.2, 0) is 5.41 Å². The molecule has 0 unspecified atom stereocenters. The Balaban J connectivity index is 2.02. The number of hydrogen-bond acceptors (Lipinski definition) is 3.